The standard InChI is InChI=1S/C15H25N3O2/c1-4-8-17(9-5-2)14(19)12-13-15(20)18(10-6-3)11-7-16-13/h4-5,13,16H,1-2,6-12H2,3H3. The minimum atomic E-state index is -0.403. The number of nitrogens with one attached hydrogen (secondary N) is 1. The maximum Gasteiger partial charge on any atom is 0.240 e. The topological polar surface area (TPSA) is 52.7 Å². The van der Waals surface area contributed by atoms with E-state index >= 15 is 0 Å². The van der Waals surface area contributed by atoms with Gasteiger partial charge in [-0.3, -0.25) is 9.59 Å². The Kier molecular flexibility index (Phi) is 7.01. The molecule has 112 valence electrons. The summed E-state index contributed by atoms with van der Waals surface area (Å²) in [6, 6.07) is -0.403. The first-order chi connectivity index (χ1) is 9.63. The van der Waals surface area contributed by atoms with Gasteiger partial charge in [0, 0.05) is 32.7 Å². The van der Waals surface area contributed by atoms with Crippen LogP contribution in [0.15, 0.2) is 25.3 Å². The Bertz CT molecular complexity index is 356. The Labute approximate surface area is 121 Å². The van der Waals surface area contributed by atoms with Gasteiger partial charge in [-0.1, -0.05) is 19.1 Å². The fourth-order valence-electron chi connectivity index (χ4n) is 2.34. The lowest BCUT2D eigenvalue weighted by atomic mass is 10.1. The van der Waals surface area contributed by atoms with Crippen molar-refractivity contribution in [1.29, 1.82) is 0 Å². The van der Waals surface area contributed by atoms with E-state index in [4.69, 9.17) is 0 Å². The number of nitrogens with zero attached hydrogens (tertiary/aromatic N) is 2. The van der Waals surface area contributed by atoms with E-state index in [1.807, 2.05) is 11.8 Å². The molecule has 0 aromatic heterocycles. The summed E-state index contributed by atoms with van der Waals surface area (Å²) < 4.78 is 0. The minimum absolute atomic E-state index is 0.0311. The number of carbonyl (C=O) groups is 2. The molecule has 1 N–H and O–H groups in total. The lowest BCUT2D eigenvalue weighted by molar-refractivity contribution is -0.140. The molecule has 1 aliphatic heterocycles. The van der Waals surface area contributed by atoms with E-state index in [-0.39, 0.29) is 18.2 Å². The number of amides is 2. The van der Waals surface area contributed by atoms with Crippen LogP contribution >= 0.6 is 0 Å². The van der Waals surface area contributed by atoms with Crippen LogP contribution in [-0.2, 0) is 9.59 Å². The van der Waals surface area contributed by atoms with E-state index in [0.29, 0.717) is 13.1 Å². The number of hydrogen-bond donors (Lipinski definition) is 1. The third-order valence-electron chi connectivity index (χ3n) is 3.31. The molecule has 0 aliphatic carbocycles. The van der Waals surface area contributed by atoms with Gasteiger partial charge in [0.1, 0.15) is 0 Å². The summed E-state index contributed by atoms with van der Waals surface area (Å²) in [5, 5.41) is 3.14. The Morgan fingerprint density at radius 3 is 2.65 bits per heavy atom. The highest BCUT2D eigenvalue weighted by atomic mass is 16.2. The van der Waals surface area contributed by atoms with Crippen LogP contribution in [0.4, 0.5) is 0 Å². The van der Waals surface area contributed by atoms with Crippen LogP contribution in [0.25, 0.3) is 0 Å². The highest BCUT2D eigenvalue weighted by molar-refractivity contribution is 5.89. The number of piperazine rings is 1. The second-order valence-electron chi connectivity index (χ2n) is 4.91. The van der Waals surface area contributed by atoms with Gasteiger partial charge in [0.15, 0.2) is 0 Å². The van der Waals surface area contributed by atoms with Gasteiger partial charge in [-0.15, -0.1) is 13.2 Å². The number of carbonyl (C=O) groups excluding carboxylic acids is 2. The molecule has 0 aromatic rings. The summed E-state index contributed by atoms with van der Waals surface area (Å²) in [6.45, 7) is 12.5. The summed E-state index contributed by atoms with van der Waals surface area (Å²) in [6.07, 6.45) is 4.49. The molecule has 5 heteroatoms. The molecular weight excluding hydrogens is 254 g/mol. The quantitative estimate of drug-likeness (QED) is 0.668. The molecule has 1 saturated heterocycles. The molecule has 2 amide bonds. The molecule has 0 radical (unpaired) electrons. The lowest BCUT2D eigenvalue weighted by Crippen LogP contribution is -2.56. The van der Waals surface area contributed by atoms with E-state index in [0.717, 1.165) is 26.1 Å². The first-order valence-electron chi connectivity index (χ1n) is 7.15. The Balaban J connectivity index is 2.60. The highest BCUT2D eigenvalue weighted by Crippen LogP contribution is 2.08. The molecule has 1 atom stereocenters. The van der Waals surface area contributed by atoms with Crippen molar-refractivity contribution in [2.45, 2.75) is 25.8 Å². The average Bonchev–Trinajstić information content (AvgIpc) is 2.43. The maximum absolute atomic E-state index is 12.2. The van der Waals surface area contributed by atoms with Crippen LogP contribution in [0, 0.1) is 0 Å². The fourth-order valence-corrected chi connectivity index (χ4v) is 2.34. The molecule has 0 aromatic carbocycles. The zero-order valence-electron chi connectivity index (χ0n) is 12.3. The summed E-state index contributed by atoms with van der Waals surface area (Å²) in [5.74, 6) is -0.0161. The van der Waals surface area contributed by atoms with Crippen LogP contribution in [0.2, 0.25) is 0 Å². The molecule has 0 saturated carbocycles. The van der Waals surface area contributed by atoms with Gasteiger partial charge in [-0.05, 0) is 6.42 Å². The first-order valence-corrected chi connectivity index (χ1v) is 7.15. The smallest absolute Gasteiger partial charge is 0.240 e. The predicted octanol–water partition coefficient (Wildman–Crippen LogP) is 0.788. The van der Waals surface area contributed by atoms with Crippen molar-refractivity contribution >= 4 is 11.8 Å². The molecule has 1 rings (SSSR count). The number of rotatable bonds is 8. The molecule has 0 bridgehead atoms. The third kappa shape index (κ3) is 4.49. The molecule has 0 spiro atoms. The molecule has 1 unspecified atom stereocenters. The summed E-state index contributed by atoms with van der Waals surface area (Å²) in [4.78, 5) is 27.9. The zero-order valence-corrected chi connectivity index (χ0v) is 12.3. The van der Waals surface area contributed by atoms with Crippen molar-refractivity contribution < 1.29 is 9.59 Å². The molecule has 1 heterocycles. The van der Waals surface area contributed by atoms with Crippen LogP contribution in [0.1, 0.15) is 19.8 Å². The SMILES string of the molecule is C=CCN(CC=C)C(=O)CC1NCCN(CCC)C1=O. The molecule has 1 fully saturated rings. The van der Waals surface area contributed by atoms with Crippen LogP contribution in [-0.4, -0.2) is 60.4 Å². The van der Waals surface area contributed by atoms with Gasteiger partial charge >= 0.3 is 0 Å². The van der Waals surface area contributed by atoms with Crippen molar-refractivity contribution in [2.24, 2.45) is 0 Å². The Morgan fingerprint density at radius 1 is 1.45 bits per heavy atom. The minimum Gasteiger partial charge on any atom is -0.340 e. The van der Waals surface area contributed by atoms with E-state index in [9.17, 15) is 9.59 Å². The van der Waals surface area contributed by atoms with Gasteiger partial charge in [0.2, 0.25) is 11.8 Å². The van der Waals surface area contributed by atoms with Crippen molar-refractivity contribution in [3.05, 3.63) is 25.3 Å². The monoisotopic (exact) mass is 279 g/mol. The fraction of sp³-hybridized carbons (Fsp3) is 0.600. The van der Waals surface area contributed by atoms with Gasteiger partial charge in [0.25, 0.3) is 0 Å². The van der Waals surface area contributed by atoms with E-state index < -0.39 is 6.04 Å². The second kappa shape index (κ2) is 8.53. The van der Waals surface area contributed by atoms with E-state index in [1.165, 1.54) is 0 Å². The molecule has 5 nitrogen and oxygen atoms in total. The zero-order chi connectivity index (χ0) is 15.0. The average molecular weight is 279 g/mol. The highest BCUT2D eigenvalue weighted by Gasteiger charge is 2.30. The van der Waals surface area contributed by atoms with Gasteiger partial charge in [0.05, 0.1) is 12.5 Å². The molecule has 20 heavy (non-hydrogen) atoms. The first kappa shape index (κ1) is 16.4. The van der Waals surface area contributed by atoms with E-state index in [1.54, 1.807) is 17.1 Å². The largest absolute Gasteiger partial charge is 0.340 e. The second-order valence-corrected chi connectivity index (χ2v) is 4.91. The van der Waals surface area contributed by atoms with Crippen LogP contribution in [0.5, 0.6) is 0 Å². The molecule has 1 aliphatic rings. The van der Waals surface area contributed by atoms with Crippen molar-refractivity contribution in [2.75, 3.05) is 32.7 Å². The van der Waals surface area contributed by atoms with Gasteiger partial charge in [-0.2, -0.15) is 0 Å². The number of hydrogen-bond acceptors (Lipinski definition) is 3. The summed E-state index contributed by atoms with van der Waals surface area (Å²) in [5.41, 5.74) is 0. The maximum atomic E-state index is 12.2. The summed E-state index contributed by atoms with van der Waals surface area (Å²) >= 11 is 0. The van der Waals surface area contributed by atoms with Gasteiger partial charge < -0.3 is 15.1 Å². The van der Waals surface area contributed by atoms with Gasteiger partial charge in [-0.25, -0.2) is 0 Å². The summed E-state index contributed by atoms with van der Waals surface area (Å²) in [7, 11) is 0. The third-order valence-corrected chi connectivity index (χ3v) is 3.31. The molecular formula is C15H25N3O2. The lowest BCUT2D eigenvalue weighted by Gasteiger charge is -2.33. The van der Waals surface area contributed by atoms with Crippen molar-refractivity contribution in [3.63, 3.8) is 0 Å². The predicted molar refractivity (Wildman–Crippen MR) is 80.3 cm³/mol. The van der Waals surface area contributed by atoms with Crippen LogP contribution in [0.3, 0.4) is 0 Å². The Hall–Kier alpha value is -1.62. The van der Waals surface area contributed by atoms with Crippen molar-refractivity contribution in [3.8, 4) is 0 Å². The van der Waals surface area contributed by atoms with Crippen LogP contribution < -0.4 is 5.32 Å². The normalized spacial score (nSPS) is 18.8. The Morgan fingerprint density at radius 2 is 2.10 bits per heavy atom. The van der Waals surface area contributed by atoms with Crippen molar-refractivity contribution in [1.82, 2.24) is 15.1 Å². The van der Waals surface area contributed by atoms with E-state index in [2.05, 4.69) is 18.5 Å².